The summed E-state index contributed by atoms with van der Waals surface area (Å²) in [5.41, 5.74) is 2.77. The van der Waals surface area contributed by atoms with Crippen molar-refractivity contribution in [2.24, 2.45) is 0 Å². The van der Waals surface area contributed by atoms with Crippen molar-refractivity contribution in [3.63, 3.8) is 0 Å². The standard InChI is InChI=1S/C21H22N4O/c26-21(20-19-6-2-1-5-18(19)14-23-24-20)22-13-16-7-9-17(10-8-16)15-25-11-3-4-12-25/h1-2,5-10,14H,3-4,11-13,15H2,(H,22,26). The van der Waals surface area contributed by atoms with Crippen LogP contribution < -0.4 is 5.32 Å². The summed E-state index contributed by atoms with van der Waals surface area (Å²) in [6.45, 7) is 3.89. The van der Waals surface area contributed by atoms with Crippen LogP contribution >= 0.6 is 0 Å². The van der Waals surface area contributed by atoms with Crippen LogP contribution in [0.3, 0.4) is 0 Å². The first-order valence-corrected chi connectivity index (χ1v) is 9.08. The maximum atomic E-state index is 12.5. The maximum absolute atomic E-state index is 12.5. The zero-order valence-electron chi connectivity index (χ0n) is 14.7. The summed E-state index contributed by atoms with van der Waals surface area (Å²) in [6.07, 6.45) is 4.29. The van der Waals surface area contributed by atoms with E-state index in [1.807, 2.05) is 24.3 Å². The van der Waals surface area contributed by atoms with E-state index in [-0.39, 0.29) is 5.91 Å². The molecule has 1 saturated heterocycles. The maximum Gasteiger partial charge on any atom is 0.272 e. The van der Waals surface area contributed by atoms with Gasteiger partial charge in [0.05, 0.1) is 6.20 Å². The first-order valence-electron chi connectivity index (χ1n) is 9.08. The Morgan fingerprint density at radius 3 is 2.54 bits per heavy atom. The number of fused-ring (bicyclic) bond motifs is 1. The Morgan fingerprint density at radius 1 is 1.00 bits per heavy atom. The molecule has 0 aliphatic carbocycles. The molecule has 2 heterocycles. The van der Waals surface area contributed by atoms with Gasteiger partial charge in [-0.15, -0.1) is 5.10 Å². The number of benzene rings is 2. The van der Waals surface area contributed by atoms with Gasteiger partial charge in [0.2, 0.25) is 0 Å². The second-order valence-corrected chi connectivity index (χ2v) is 6.76. The molecule has 5 nitrogen and oxygen atoms in total. The van der Waals surface area contributed by atoms with Crippen LogP contribution in [0.15, 0.2) is 54.7 Å². The Hall–Kier alpha value is -2.79. The summed E-state index contributed by atoms with van der Waals surface area (Å²) in [5.74, 6) is -0.199. The number of hydrogen-bond acceptors (Lipinski definition) is 4. The van der Waals surface area contributed by atoms with E-state index in [0.717, 1.165) is 22.9 Å². The van der Waals surface area contributed by atoms with Crippen LogP contribution in [0.5, 0.6) is 0 Å². The second kappa shape index (κ2) is 7.62. The molecule has 0 saturated carbocycles. The molecule has 3 aromatic rings. The topological polar surface area (TPSA) is 58.1 Å². The second-order valence-electron chi connectivity index (χ2n) is 6.76. The van der Waals surface area contributed by atoms with E-state index < -0.39 is 0 Å². The molecule has 1 aliphatic rings. The normalized spacial score (nSPS) is 14.6. The monoisotopic (exact) mass is 346 g/mol. The van der Waals surface area contributed by atoms with Crippen LogP contribution in [0.1, 0.15) is 34.5 Å². The van der Waals surface area contributed by atoms with Crippen LogP contribution in [-0.4, -0.2) is 34.1 Å². The Balaban J connectivity index is 1.39. The number of carbonyl (C=O) groups is 1. The molecule has 2 aromatic carbocycles. The van der Waals surface area contributed by atoms with Gasteiger partial charge < -0.3 is 5.32 Å². The van der Waals surface area contributed by atoms with E-state index in [0.29, 0.717) is 12.2 Å². The molecule has 0 bridgehead atoms. The molecule has 132 valence electrons. The number of carbonyl (C=O) groups excluding carboxylic acids is 1. The first kappa shape index (κ1) is 16.7. The fourth-order valence-electron chi connectivity index (χ4n) is 3.42. The summed E-state index contributed by atoms with van der Waals surface area (Å²) < 4.78 is 0. The van der Waals surface area contributed by atoms with Crippen LogP contribution in [0.4, 0.5) is 0 Å². The lowest BCUT2D eigenvalue weighted by atomic mass is 10.1. The highest BCUT2D eigenvalue weighted by molar-refractivity contribution is 6.04. The third kappa shape index (κ3) is 3.73. The average molecular weight is 346 g/mol. The number of nitrogens with zero attached hydrogens (tertiary/aromatic N) is 3. The SMILES string of the molecule is O=C(NCc1ccc(CN2CCCC2)cc1)c1nncc2ccccc12. The van der Waals surface area contributed by atoms with Gasteiger partial charge in [0, 0.05) is 23.9 Å². The minimum absolute atomic E-state index is 0.199. The van der Waals surface area contributed by atoms with Gasteiger partial charge in [-0.05, 0) is 37.1 Å². The summed E-state index contributed by atoms with van der Waals surface area (Å²) >= 11 is 0. The van der Waals surface area contributed by atoms with Crippen molar-refractivity contribution in [1.29, 1.82) is 0 Å². The molecule has 1 fully saturated rings. The van der Waals surface area contributed by atoms with Crippen molar-refractivity contribution in [3.05, 3.63) is 71.5 Å². The van der Waals surface area contributed by atoms with Crippen LogP contribution in [-0.2, 0) is 13.1 Å². The van der Waals surface area contributed by atoms with Crippen molar-refractivity contribution in [2.75, 3.05) is 13.1 Å². The summed E-state index contributed by atoms with van der Waals surface area (Å²) in [6, 6.07) is 16.1. The molecule has 0 spiro atoms. The zero-order valence-corrected chi connectivity index (χ0v) is 14.7. The largest absolute Gasteiger partial charge is 0.347 e. The number of rotatable bonds is 5. The Labute approximate surface area is 153 Å². The number of hydrogen-bond donors (Lipinski definition) is 1. The number of likely N-dealkylation sites (tertiary alicyclic amines) is 1. The minimum atomic E-state index is -0.199. The molecule has 26 heavy (non-hydrogen) atoms. The van der Waals surface area contributed by atoms with Crippen molar-refractivity contribution in [3.8, 4) is 0 Å². The molecular weight excluding hydrogens is 324 g/mol. The van der Waals surface area contributed by atoms with Gasteiger partial charge in [0.15, 0.2) is 5.69 Å². The number of nitrogens with one attached hydrogen (secondary N) is 1. The number of aromatic nitrogens is 2. The first-order chi connectivity index (χ1) is 12.8. The van der Waals surface area contributed by atoms with Gasteiger partial charge in [-0.2, -0.15) is 5.10 Å². The predicted molar refractivity (Wildman–Crippen MR) is 102 cm³/mol. The molecule has 0 atom stereocenters. The summed E-state index contributed by atoms with van der Waals surface area (Å²) in [5, 5.41) is 12.6. The summed E-state index contributed by atoms with van der Waals surface area (Å²) in [7, 11) is 0. The lowest BCUT2D eigenvalue weighted by molar-refractivity contribution is 0.0947. The molecule has 0 unspecified atom stereocenters. The van der Waals surface area contributed by atoms with E-state index in [1.165, 1.54) is 31.5 Å². The lowest BCUT2D eigenvalue weighted by Crippen LogP contribution is -2.24. The van der Waals surface area contributed by atoms with E-state index in [4.69, 9.17) is 0 Å². The van der Waals surface area contributed by atoms with Crippen molar-refractivity contribution in [2.45, 2.75) is 25.9 Å². The quantitative estimate of drug-likeness (QED) is 0.771. The molecule has 5 heteroatoms. The highest BCUT2D eigenvalue weighted by atomic mass is 16.1. The van der Waals surface area contributed by atoms with Crippen LogP contribution in [0.25, 0.3) is 10.8 Å². The van der Waals surface area contributed by atoms with E-state index in [1.54, 1.807) is 6.20 Å². The van der Waals surface area contributed by atoms with Gasteiger partial charge in [0.25, 0.3) is 5.91 Å². The van der Waals surface area contributed by atoms with Gasteiger partial charge in [-0.25, -0.2) is 0 Å². The molecule has 4 rings (SSSR count). The highest BCUT2D eigenvalue weighted by Gasteiger charge is 2.13. The summed E-state index contributed by atoms with van der Waals surface area (Å²) in [4.78, 5) is 15.0. The molecule has 1 amide bonds. The van der Waals surface area contributed by atoms with Gasteiger partial charge >= 0.3 is 0 Å². The predicted octanol–water partition coefficient (Wildman–Crippen LogP) is 3.16. The van der Waals surface area contributed by atoms with Crippen molar-refractivity contribution < 1.29 is 4.79 Å². The molecule has 1 aromatic heterocycles. The van der Waals surface area contributed by atoms with E-state index in [9.17, 15) is 4.79 Å². The third-order valence-corrected chi connectivity index (χ3v) is 4.87. The van der Waals surface area contributed by atoms with E-state index in [2.05, 4.69) is 44.7 Å². The smallest absolute Gasteiger partial charge is 0.272 e. The Morgan fingerprint density at radius 2 is 1.73 bits per heavy atom. The zero-order chi connectivity index (χ0) is 17.8. The number of amides is 1. The molecule has 0 radical (unpaired) electrons. The van der Waals surface area contributed by atoms with Gasteiger partial charge in [0.1, 0.15) is 0 Å². The fraction of sp³-hybridized carbons (Fsp3) is 0.286. The minimum Gasteiger partial charge on any atom is -0.347 e. The fourth-order valence-corrected chi connectivity index (χ4v) is 3.42. The average Bonchev–Trinajstić information content (AvgIpc) is 3.20. The van der Waals surface area contributed by atoms with Gasteiger partial charge in [-0.3, -0.25) is 9.69 Å². The van der Waals surface area contributed by atoms with Crippen LogP contribution in [0.2, 0.25) is 0 Å². The van der Waals surface area contributed by atoms with Crippen molar-refractivity contribution >= 4 is 16.7 Å². The van der Waals surface area contributed by atoms with Crippen LogP contribution in [0, 0.1) is 0 Å². The Bertz CT molecular complexity index is 896. The lowest BCUT2D eigenvalue weighted by Gasteiger charge is -2.14. The van der Waals surface area contributed by atoms with Crippen molar-refractivity contribution in [1.82, 2.24) is 20.4 Å². The molecular formula is C21H22N4O. The van der Waals surface area contributed by atoms with E-state index >= 15 is 0 Å². The highest BCUT2D eigenvalue weighted by Crippen LogP contribution is 2.16. The third-order valence-electron chi connectivity index (χ3n) is 4.87. The Kier molecular flexibility index (Phi) is 4.88. The molecule has 1 aliphatic heterocycles. The molecule has 1 N–H and O–H groups in total. The van der Waals surface area contributed by atoms with Gasteiger partial charge in [-0.1, -0.05) is 48.5 Å².